The van der Waals surface area contributed by atoms with Crippen molar-refractivity contribution >= 4 is 5.97 Å². The lowest BCUT2D eigenvalue weighted by Crippen LogP contribution is -2.50. The first-order chi connectivity index (χ1) is 9.53. The summed E-state index contributed by atoms with van der Waals surface area (Å²) in [6.07, 6.45) is 6.86. The Morgan fingerprint density at radius 2 is 1.90 bits per heavy atom. The lowest BCUT2D eigenvalue weighted by molar-refractivity contribution is -0.174. The maximum absolute atomic E-state index is 12.6. The number of fused-ring (bicyclic) bond motifs is 2. The average Bonchev–Trinajstić information content (AvgIpc) is 2.65. The largest absolute Gasteiger partial charge is 0.469 e. The number of ether oxygens (including phenoxy) is 2. The normalized spacial score (nSPS) is 35.0. The number of hydrogen-bond acceptors (Lipinski definition) is 4. The third-order valence-electron chi connectivity index (χ3n) is 5.32. The van der Waals surface area contributed by atoms with Gasteiger partial charge < -0.3 is 14.6 Å². The van der Waals surface area contributed by atoms with Crippen molar-refractivity contribution in [1.82, 2.24) is 0 Å². The SMILES string of the molecule is CCCC1(CCC)OC2(CO)CCC[C@]1(C(=O)OC)C2. The van der Waals surface area contributed by atoms with Crippen LogP contribution in [0.25, 0.3) is 0 Å². The van der Waals surface area contributed by atoms with Crippen LogP contribution in [0.4, 0.5) is 0 Å². The predicted octanol–water partition coefficient (Wildman–Crippen LogP) is 2.82. The first-order valence-corrected chi connectivity index (χ1v) is 7.93. The molecular weight excluding hydrogens is 256 g/mol. The van der Waals surface area contributed by atoms with Crippen LogP contribution in [0.3, 0.4) is 0 Å². The third-order valence-corrected chi connectivity index (χ3v) is 5.32. The van der Waals surface area contributed by atoms with Gasteiger partial charge in [-0.2, -0.15) is 0 Å². The quantitative estimate of drug-likeness (QED) is 0.762. The number of hydrogen-bond donors (Lipinski definition) is 1. The van der Waals surface area contributed by atoms with Gasteiger partial charge in [0.1, 0.15) is 0 Å². The van der Waals surface area contributed by atoms with Crippen LogP contribution in [0.2, 0.25) is 0 Å². The van der Waals surface area contributed by atoms with Crippen LogP contribution < -0.4 is 0 Å². The molecule has 1 N–H and O–H groups in total. The van der Waals surface area contributed by atoms with E-state index < -0.39 is 16.6 Å². The van der Waals surface area contributed by atoms with E-state index in [1.165, 1.54) is 7.11 Å². The molecule has 0 aromatic heterocycles. The van der Waals surface area contributed by atoms with Gasteiger partial charge in [-0.05, 0) is 38.5 Å². The molecule has 20 heavy (non-hydrogen) atoms. The second kappa shape index (κ2) is 5.64. The zero-order valence-electron chi connectivity index (χ0n) is 13.0. The number of methoxy groups -OCH3 is 1. The first-order valence-electron chi connectivity index (χ1n) is 7.93. The summed E-state index contributed by atoms with van der Waals surface area (Å²) < 4.78 is 11.6. The lowest BCUT2D eigenvalue weighted by atomic mass is 9.60. The number of esters is 1. The van der Waals surface area contributed by atoms with E-state index in [0.717, 1.165) is 44.9 Å². The van der Waals surface area contributed by atoms with E-state index in [0.29, 0.717) is 6.42 Å². The van der Waals surface area contributed by atoms with E-state index in [-0.39, 0.29) is 12.6 Å². The van der Waals surface area contributed by atoms with Crippen LogP contribution in [-0.2, 0) is 14.3 Å². The Kier molecular flexibility index (Phi) is 4.45. The minimum absolute atomic E-state index is 0.000916. The molecule has 2 aliphatic rings. The van der Waals surface area contributed by atoms with Gasteiger partial charge in [-0.25, -0.2) is 0 Å². The van der Waals surface area contributed by atoms with Gasteiger partial charge in [-0.3, -0.25) is 4.79 Å². The first kappa shape index (κ1) is 15.8. The molecule has 1 heterocycles. The standard InChI is InChI=1S/C16H28O4/c1-4-7-16(8-5-2)15(13(18)19-3)10-6-9-14(11-15,12-17)20-16/h17H,4-12H2,1-3H3/t14?,15-/m1/s1. The van der Waals surface area contributed by atoms with Crippen molar-refractivity contribution < 1.29 is 19.4 Å². The Morgan fingerprint density at radius 3 is 2.40 bits per heavy atom. The minimum Gasteiger partial charge on any atom is -0.469 e. The summed E-state index contributed by atoms with van der Waals surface area (Å²) >= 11 is 0. The van der Waals surface area contributed by atoms with E-state index in [1.807, 2.05) is 0 Å². The molecule has 1 aliphatic heterocycles. The van der Waals surface area contributed by atoms with E-state index in [1.54, 1.807) is 0 Å². The molecule has 2 bridgehead atoms. The molecule has 1 saturated carbocycles. The summed E-state index contributed by atoms with van der Waals surface area (Å²) in [5.74, 6) is -0.144. The second-order valence-electron chi connectivity index (χ2n) is 6.54. The minimum atomic E-state index is -0.561. The molecule has 0 radical (unpaired) electrons. The highest BCUT2D eigenvalue weighted by atomic mass is 16.6. The molecule has 0 amide bonds. The van der Waals surface area contributed by atoms with Crippen LogP contribution >= 0.6 is 0 Å². The highest BCUT2D eigenvalue weighted by Crippen LogP contribution is 2.62. The van der Waals surface area contributed by atoms with Crippen molar-refractivity contribution in [3.05, 3.63) is 0 Å². The molecular formula is C16H28O4. The van der Waals surface area contributed by atoms with Gasteiger partial charge >= 0.3 is 5.97 Å². The fraction of sp³-hybridized carbons (Fsp3) is 0.938. The van der Waals surface area contributed by atoms with Crippen LogP contribution in [0, 0.1) is 5.41 Å². The molecule has 2 atom stereocenters. The molecule has 1 unspecified atom stereocenters. The number of carbonyl (C=O) groups excluding carboxylic acids is 1. The predicted molar refractivity (Wildman–Crippen MR) is 76.4 cm³/mol. The summed E-state index contributed by atoms with van der Waals surface area (Å²) in [6, 6.07) is 0. The highest BCUT2D eigenvalue weighted by Gasteiger charge is 2.69. The maximum atomic E-state index is 12.6. The molecule has 2 rings (SSSR count). The van der Waals surface area contributed by atoms with E-state index >= 15 is 0 Å². The van der Waals surface area contributed by atoms with Crippen molar-refractivity contribution in [1.29, 1.82) is 0 Å². The summed E-state index contributed by atoms with van der Waals surface area (Å²) in [6.45, 7) is 4.25. The van der Waals surface area contributed by atoms with Gasteiger partial charge in [0.15, 0.2) is 0 Å². The average molecular weight is 284 g/mol. The van der Waals surface area contributed by atoms with Crippen molar-refractivity contribution in [2.75, 3.05) is 13.7 Å². The van der Waals surface area contributed by atoms with E-state index in [9.17, 15) is 9.90 Å². The molecule has 4 heteroatoms. The molecule has 0 aromatic carbocycles. The molecule has 0 aromatic rings. The van der Waals surface area contributed by atoms with Crippen LogP contribution in [0.5, 0.6) is 0 Å². The Labute approximate surface area is 121 Å². The Bertz CT molecular complexity index is 361. The van der Waals surface area contributed by atoms with Crippen molar-refractivity contribution in [3.8, 4) is 0 Å². The fourth-order valence-electron chi connectivity index (χ4n) is 4.66. The zero-order chi connectivity index (χ0) is 14.9. The number of rotatable bonds is 6. The molecule has 116 valence electrons. The summed E-state index contributed by atoms with van der Waals surface area (Å²) in [4.78, 5) is 12.6. The van der Waals surface area contributed by atoms with Crippen molar-refractivity contribution in [2.45, 2.75) is 76.4 Å². The topological polar surface area (TPSA) is 55.8 Å². The highest BCUT2D eigenvalue weighted by molar-refractivity contribution is 5.79. The smallest absolute Gasteiger partial charge is 0.314 e. The zero-order valence-corrected chi connectivity index (χ0v) is 13.0. The molecule has 0 spiro atoms. The Morgan fingerprint density at radius 1 is 1.25 bits per heavy atom. The number of carbonyl (C=O) groups is 1. The number of aliphatic hydroxyl groups is 1. The van der Waals surface area contributed by atoms with E-state index in [2.05, 4.69) is 13.8 Å². The molecule has 1 aliphatic carbocycles. The Hall–Kier alpha value is -0.610. The van der Waals surface area contributed by atoms with Gasteiger partial charge in [0.05, 0.1) is 30.3 Å². The lowest BCUT2D eigenvalue weighted by Gasteiger charge is -2.42. The fourth-order valence-corrected chi connectivity index (χ4v) is 4.66. The van der Waals surface area contributed by atoms with Gasteiger partial charge in [-0.15, -0.1) is 0 Å². The Balaban J connectivity index is 2.48. The maximum Gasteiger partial charge on any atom is 0.314 e. The summed E-state index contributed by atoms with van der Waals surface area (Å²) in [7, 11) is 1.47. The van der Waals surface area contributed by atoms with E-state index in [4.69, 9.17) is 9.47 Å². The molecule has 2 fully saturated rings. The summed E-state index contributed by atoms with van der Waals surface area (Å²) in [5.41, 5.74) is -1.55. The van der Waals surface area contributed by atoms with Gasteiger partial charge in [-0.1, -0.05) is 26.7 Å². The number of aliphatic hydroxyl groups excluding tert-OH is 1. The van der Waals surface area contributed by atoms with Gasteiger partial charge in [0.25, 0.3) is 0 Å². The van der Waals surface area contributed by atoms with Crippen LogP contribution in [-0.4, -0.2) is 36.0 Å². The monoisotopic (exact) mass is 284 g/mol. The van der Waals surface area contributed by atoms with Gasteiger partial charge in [0.2, 0.25) is 0 Å². The van der Waals surface area contributed by atoms with Crippen LogP contribution in [0.15, 0.2) is 0 Å². The van der Waals surface area contributed by atoms with Crippen molar-refractivity contribution in [2.24, 2.45) is 5.41 Å². The van der Waals surface area contributed by atoms with Crippen LogP contribution in [0.1, 0.15) is 65.2 Å². The van der Waals surface area contributed by atoms with Gasteiger partial charge in [0, 0.05) is 0 Å². The third kappa shape index (κ3) is 2.08. The summed E-state index contributed by atoms with van der Waals surface area (Å²) in [5, 5.41) is 9.83. The second-order valence-corrected chi connectivity index (χ2v) is 6.54. The molecule has 1 saturated heterocycles. The molecule has 4 nitrogen and oxygen atoms in total. The van der Waals surface area contributed by atoms with Crippen molar-refractivity contribution in [3.63, 3.8) is 0 Å².